The van der Waals surface area contributed by atoms with Gasteiger partial charge < -0.3 is 4.74 Å². The monoisotopic (exact) mass is 359 g/mol. The average Bonchev–Trinajstić information content (AvgIpc) is 2.61. The van der Waals surface area contributed by atoms with E-state index < -0.39 is 17.9 Å². The van der Waals surface area contributed by atoms with Gasteiger partial charge in [-0.2, -0.15) is 13.2 Å². The highest BCUT2D eigenvalue weighted by Crippen LogP contribution is 2.48. The zero-order valence-electron chi connectivity index (χ0n) is 14.0. The maximum Gasteiger partial charge on any atom is 0.445 e. The summed E-state index contributed by atoms with van der Waals surface area (Å²) in [5, 5.41) is 2.33. The van der Waals surface area contributed by atoms with Crippen LogP contribution in [0, 0.1) is 11.8 Å². The molecule has 0 bridgehead atoms. The molecule has 1 N–H and O–H groups in total. The Bertz CT molecular complexity index is 881. The first-order valence-corrected chi connectivity index (χ1v) is 8.14. The molecule has 0 radical (unpaired) electrons. The van der Waals surface area contributed by atoms with Crippen molar-refractivity contribution in [2.24, 2.45) is 0 Å². The van der Waals surface area contributed by atoms with E-state index in [1.54, 1.807) is 30.3 Å². The van der Waals surface area contributed by atoms with Crippen molar-refractivity contribution in [3.63, 3.8) is 0 Å². The summed E-state index contributed by atoms with van der Waals surface area (Å²) in [6.45, 7) is 1.81. The predicted molar refractivity (Wildman–Crippen MR) is 92.4 cm³/mol. The molecule has 3 rings (SSSR count). The first-order chi connectivity index (χ1) is 12.4. The maximum atomic E-state index is 14.0. The molecule has 0 aromatic heterocycles. The van der Waals surface area contributed by atoms with Gasteiger partial charge in [0.15, 0.2) is 0 Å². The second-order valence-corrected chi connectivity index (χ2v) is 5.87. The summed E-state index contributed by atoms with van der Waals surface area (Å²) in [7, 11) is 0. The van der Waals surface area contributed by atoms with Crippen molar-refractivity contribution in [1.29, 1.82) is 0 Å². The lowest BCUT2D eigenvalue weighted by molar-refractivity contribution is -0.239. The van der Waals surface area contributed by atoms with Gasteiger partial charge in [-0.25, -0.2) is 4.79 Å². The number of benzene rings is 2. The normalized spacial score (nSPS) is 18.8. The molecule has 1 heterocycles. The summed E-state index contributed by atoms with van der Waals surface area (Å²) < 4.78 is 46.8. The molecule has 2 aromatic carbocycles. The Morgan fingerprint density at radius 2 is 1.85 bits per heavy atom. The van der Waals surface area contributed by atoms with Crippen LogP contribution in [0.5, 0.6) is 0 Å². The van der Waals surface area contributed by atoms with Crippen LogP contribution in [0.1, 0.15) is 25.3 Å². The average molecular weight is 359 g/mol. The minimum Gasteiger partial charge on any atom is -0.415 e. The fraction of sp³-hybridized carbons (Fsp3) is 0.250. The quantitative estimate of drug-likeness (QED) is 0.722. The highest BCUT2D eigenvalue weighted by atomic mass is 19.4. The van der Waals surface area contributed by atoms with Crippen LogP contribution < -0.4 is 5.32 Å². The molecule has 1 unspecified atom stereocenters. The van der Waals surface area contributed by atoms with Gasteiger partial charge in [0.05, 0.1) is 5.69 Å². The van der Waals surface area contributed by atoms with Crippen LogP contribution in [0.3, 0.4) is 0 Å². The molecule has 6 heteroatoms. The Hall–Kier alpha value is -2.94. The van der Waals surface area contributed by atoms with Crippen molar-refractivity contribution in [1.82, 2.24) is 0 Å². The Kier molecular flexibility index (Phi) is 4.64. The van der Waals surface area contributed by atoms with E-state index >= 15 is 0 Å². The number of carbonyl (C=O) groups excluding carboxylic acids is 1. The van der Waals surface area contributed by atoms with Gasteiger partial charge >= 0.3 is 12.3 Å². The van der Waals surface area contributed by atoms with Crippen molar-refractivity contribution in [2.75, 3.05) is 5.32 Å². The number of halogens is 3. The van der Waals surface area contributed by atoms with E-state index in [2.05, 4.69) is 17.2 Å². The standard InChI is InChI=1S/C20H16F3NO2/c1-2-3-7-12-19(20(21,22)23)16-13-15(14-8-5-4-6-9-14)10-11-17(16)24-18(25)26-19/h4-6,8-11,13H,2-3H2,1H3,(H,24,25). The number of nitrogens with one attached hydrogen (secondary N) is 1. The second-order valence-electron chi connectivity index (χ2n) is 5.87. The summed E-state index contributed by atoms with van der Waals surface area (Å²) in [5.74, 6) is 4.68. The molecule has 1 aliphatic rings. The fourth-order valence-corrected chi connectivity index (χ4v) is 2.77. The predicted octanol–water partition coefficient (Wildman–Crippen LogP) is 5.48. The van der Waals surface area contributed by atoms with E-state index in [-0.39, 0.29) is 17.7 Å². The number of carbonyl (C=O) groups is 1. The fourth-order valence-electron chi connectivity index (χ4n) is 2.77. The number of hydrogen-bond acceptors (Lipinski definition) is 2. The number of amides is 1. The molecule has 134 valence electrons. The van der Waals surface area contributed by atoms with E-state index in [4.69, 9.17) is 4.74 Å². The lowest BCUT2D eigenvalue weighted by Crippen LogP contribution is -2.49. The first-order valence-electron chi connectivity index (χ1n) is 8.14. The van der Waals surface area contributed by atoms with Gasteiger partial charge in [-0.05, 0) is 35.6 Å². The Labute approximate surface area is 149 Å². The van der Waals surface area contributed by atoms with Gasteiger partial charge in [0, 0.05) is 12.0 Å². The van der Waals surface area contributed by atoms with Crippen LogP contribution in [0.15, 0.2) is 48.5 Å². The van der Waals surface area contributed by atoms with Gasteiger partial charge in [-0.15, -0.1) is 0 Å². The van der Waals surface area contributed by atoms with Gasteiger partial charge in [0.1, 0.15) is 0 Å². The van der Waals surface area contributed by atoms with E-state index in [1.165, 1.54) is 12.1 Å². The first kappa shape index (κ1) is 17.9. The van der Waals surface area contributed by atoms with Gasteiger partial charge in [0.2, 0.25) is 0 Å². The van der Waals surface area contributed by atoms with Crippen molar-refractivity contribution in [3.8, 4) is 23.0 Å². The molecule has 0 aliphatic carbocycles. The number of unbranched alkanes of at least 4 members (excludes halogenated alkanes) is 1. The number of hydrogen-bond donors (Lipinski definition) is 1. The molecule has 2 aromatic rings. The topological polar surface area (TPSA) is 38.3 Å². The van der Waals surface area contributed by atoms with E-state index in [1.807, 2.05) is 13.0 Å². The number of fused-ring (bicyclic) bond motifs is 1. The zero-order valence-corrected chi connectivity index (χ0v) is 14.0. The van der Waals surface area contributed by atoms with Gasteiger partial charge in [0.25, 0.3) is 5.60 Å². The van der Waals surface area contributed by atoms with Crippen LogP contribution in [-0.4, -0.2) is 12.3 Å². The van der Waals surface area contributed by atoms with E-state index in [9.17, 15) is 18.0 Å². The largest absolute Gasteiger partial charge is 0.445 e. The molecular formula is C20H16F3NO2. The second kappa shape index (κ2) is 6.75. The smallest absolute Gasteiger partial charge is 0.415 e. The number of ether oxygens (including phenoxy) is 1. The number of anilines is 1. The lowest BCUT2D eigenvalue weighted by atomic mass is 9.88. The Morgan fingerprint density at radius 3 is 2.50 bits per heavy atom. The minimum atomic E-state index is -4.88. The van der Waals surface area contributed by atoms with Crippen LogP contribution in [0.25, 0.3) is 11.1 Å². The molecule has 1 atom stereocenters. The van der Waals surface area contributed by atoms with Crippen LogP contribution >= 0.6 is 0 Å². The van der Waals surface area contributed by atoms with E-state index in [0.29, 0.717) is 12.0 Å². The Morgan fingerprint density at radius 1 is 1.12 bits per heavy atom. The molecule has 26 heavy (non-hydrogen) atoms. The summed E-state index contributed by atoms with van der Waals surface area (Å²) in [5.41, 5.74) is -1.82. The third-order valence-electron chi connectivity index (χ3n) is 4.03. The van der Waals surface area contributed by atoms with Crippen molar-refractivity contribution in [3.05, 3.63) is 54.1 Å². The summed E-state index contributed by atoms with van der Waals surface area (Å²) in [6, 6.07) is 13.5. The molecule has 1 amide bonds. The molecule has 3 nitrogen and oxygen atoms in total. The molecule has 0 saturated heterocycles. The van der Waals surface area contributed by atoms with Gasteiger partial charge in [-0.3, -0.25) is 5.32 Å². The molecule has 0 saturated carbocycles. The molecule has 0 spiro atoms. The minimum absolute atomic E-state index is 0.0454. The molecule has 0 fully saturated rings. The van der Waals surface area contributed by atoms with Gasteiger partial charge in [-0.1, -0.05) is 49.2 Å². The number of cyclic esters (lactones) is 1. The number of rotatable bonds is 2. The molecule has 1 aliphatic heterocycles. The molecular weight excluding hydrogens is 343 g/mol. The summed E-state index contributed by atoms with van der Waals surface area (Å²) in [6.07, 6.45) is -5.18. The lowest BCUT2D eigenvalue weighted by Gasteiger charge is -2.36. The van der Waals surface area contributed by atoms with E-state index in [0.717, 1.165) is 5.56 Å². The van der Waals surface area contributed by atoms with Crippen LogP contribution in [0.2, 0.25) is 0 Å². The van der Waals surface area contributed by atoms with Crippen LogP contribution in [-0.2, 0) is 10.3 Å². The van der Waals surface area contributed by atoms with Crippen molar-refractivity contribution in [2.45, 2.75) is 31.5 Å². The zero-order chi connectivity index (χ0) is 18.8. The highest BCUT2D eigenvalue weighted by Gasteiger charge is 2.61. The highest BCUT2D eigenvalue weighted by molar-refractivity contribution is 5.90. The van der Waals surface area contributed by atoms with Crippen molar-refractivity contribution >= 4 is 11.8 Å². The summed E-state index contributed by atoms with van der Waals surface area (Å²) >= 11 is 0. The number of alkyl halides is 3. The summed E-state index contributed by atoms with van der Waals surface area (Å²) in [4.78, 5) is 11.8. The SMILES string of the molecule is CCCC#CC1(C(F)(F)F)OC(=O)Nc2ccc(-c3ccccc3)cc21. The van der Waals surface area contributed by atoms with Crippen LogP contribution in [0.4, 0.5) is 23.7 Å². The van der Waals surface area contributed by atoms with Crippen molar-refractivity contribution < 1.29 is 22.7 Å². The maximum absolute atomic E-state index is 14.0. The third-order valence-corrected chi connectivity index (χ3v) is 4.03. The third kappa shape index (κ3) is 3.13. The Balaban J connectivity index is 2.22.